The van der Waals surface area contributed by atoms with Crippen molar-refractivity contribution in [2.24, 2.45) is 5.92 Å². The highest BCUT2D eigenvalue weighted by molar-refractivity contribution is 6.02. The number of hydrogen-bond acceptors (Lipinski definition) is 3. The Kier molecular flexibility index (Phi) is 7.32. The van der Waals surface area contributed by atoms with Gasteiger partial charge in [-0.3, -0.25) is 14.4 Å². The highest BCUT2D eigenvalue weighted by Gasteiger charge is 2.25. The minimum atomic E-state index is -0.707. The second kappa shape index (κ2) is 9.69. The topological polar surface area (TPSA) is 87.3 Å². The molecule has 2 aromatic rings. The highest BCUT2D eigenvalue weighted by atomic mass is 16.2. The molecule has 0 aliphatic rings. The van der Waals surface area contributed by atoms with E-state index in [2.05, 4.69) is 16.0 Å². The number of benzene rings is 2. The Balaban J connectivity index is 2.12. The van der Waals surface area contributed by atoms with Crippen LogP contribution in [0, 0.1) is 12.8 Å². The van der Waals surface area contributed by atoms with Gasteiger partial charge in [0.1, 0.15) is 6.04 Å². The van der Waals surface area contributed by atoms with Gasteiger partial charge in [0, 0.05) is 23.4 Å². The first-order valence-corrected chi connectivity index (χ1v) is 9.38. The van der Waals surface area contributed by atoms with Gasteiger partial charge in [-0.2, -0.15) is 0 Å². The summed E-state index contributed by atoms with van der Waals surface area (Å²) >= 11 is 0. The van der Waals surface area contributed by atoms with Gasteiger partial charge >= 0.3 is 0 Å². The zero-order valence-electron chi connectivity index (χ0n) is 16.7. The van der Waals surface area contributed by atoms with Gasteiger partial charge in [-0.1, -0.05) is 37.6 Å². The van der Waals surface area contributed by atoms with Crippen molar-refractivity contribution in [1.82, 2.24) is 10.6 Å². The first-order valence-electron chi connectivity index (χ1n) is 9.38. The number of nitrogens with one attached hydrogen (secondary N) is 3. The first kappa shape index (κ1) is 21.2. The van der Waals surface area contributed by atoms with E-state index in [1.54, 1.807) is 36.4 Å². The van der Waals surface area contributed by atoms with E-state index in [4.69, 9.17) is 0 Å². The normalized spacial score (nSPS) is 11.6. The summed E-state index contributed by atoms with van der Waals surface area (Å²) in [6.07, 6.45) is 0. The molecule has 0 aliphatic carbocycles. The van der Waals surface area contributed by atoms with Crippen LogP contribution in [0.3, 0.4) is 0 Å². The van der Waals surface area contributed by atoms with Gasteiger partial charge in [-0.25, -0.2) is 0 Å². The molecule has 6 heteroatoms. The zero-order chi connectivity index (χ0) is 20.7. The summed E-state index contributed by atoms with van der Waals surface area (Å²) in [4.78, 5) is 37.3. The third-order valence-electron chi connectivity index (χ3n) is 4.25. The highest BCUT2D eigenvalue weighted by Crippen LogP contribution is 2.14. The van der Waals surface area contributed by atoms with E-state index >= 15 is 0 Å². The summed E-state index contributed by atoms with van der Waals surface area (Å²) in [6.45, 7) is 8.01. The summed E-state index contributed by atoms with van der Waals surface area (Å²) < 4.78 is 0. The Hall–Kier alpha value is -3.15. The number of amides is 3. The lowest BCUT2D eigenvalue weighted by molar-refractivity contribution is -0.118. The van der Waals surface area contributed by atoms with Crippen LogP contribution >= 0.6 is 0 Å². The fourth-order valence-electron chi connectivity index (χ4n) is 2.77. The molecular formula is C22H27N3O3. The molecular weight excluding hydrogens is 354 g/mol. The van der Waals surface area contributed by atoms with E-state index in [9.17, 15) is 14.4 Å². The Morgan fingerprint density at radius 3 is 2.18 bits per heavy atom. The van der Waals surface area contributed by atoms with Crippen molar-refractivity contribution in [1.29, 1.82) is 0 Å². The molecule has 0 saturated carbocycles. The van der Waals surface area contributed by atoms with Crippen LogP contribution in [-0.4, -0.2) is 30.3 Å². The number of rotatable bonds is 7. The number of aryl methyl sites for hydroxylation is 1. The Morgan fingerprint density at radius 2 is 1.57 bits per heavy atom. The molecule has 0 heterocycles. The van der Waals surface area contributed by atoms with Crippen molar-refractivity contribution in [3.63, 3.8) is 0 Å². The number of anilines is 1. The summed E-state index contributed by atoms with van der Waals surface area (Å²) in [5, 5.41) is 8.33. The van der Waals surface area contributed by atoms with Gasteiger partial charge in [0.15, 0.2) is 0 Å². The largest absolute Gasteiger partial charge is 0.352 e. The van der Waals surface area contributed by atoms with Gasteiger partial charge in [-0.15, -0.1) is 0 Å². The van der Waals surface area contributed by atoms with Crippen molar-refractivity contribution in [3.8, 4) is 0 Å². The van der Waals surface area contributed by atoms with Gasteiger partial charge < -0.3 is 16.0 Å². The second-order valence-electron chi connectivity index (χ2n) is 6.99. The number of hydrogen-bond donors (Lipinski definition) is 3. The minimum Gasteiger partial charge on any atom is -0.352 e. The average Bonchev–Trinajstić information content (AvgIpc) is 2.66. The van der Waals surface area contributed by atoms with E-state index in [1.807, 2.05) is 39.8 Å². The summed E-state index contributed by atoms with van der Waals surface area (Å²) in [5.74, 6) is -0.940. The van der Waals surface area contributed by atoms with Crippen molar-refractivity contribution < 1.29 is 14.4 Å². The molecule has 2 rings (SSSR count). The second-order valence-corrected chi connectivity index (χ2v) is 6.99. The van der Waals surface area contributed by atoms with Crippen LogP contribution in [-0.2, 0) is 4.79 Å². The quantitative estimate of drug-likeness (QED) is 0.689. The van der Waals surface area contributed by atoms with Crippen LogP contribution in [0.25, 0.3) is 0 Å². The molecule has 0 spiro atoms. The van der Waals surface area contributed by atoms with E-state index in [-0.39, 0.29) is 23.6 Å². The molecule has 0 saturated heterocycles. The Labute approximate surface area is 165 Å². The summed E-state index contributed by atoms with van der Waals surface area (Å²) in [7, 11) is 0. The smallest absolute Gasteiger partial charge is 0.251 e. The Morgan fingerprint density at radius 1 is 0.929 bits per heavy atom. The molecule has 148 valence electrons. The molecule has 0 bridgehead atoms. The van der Waals surface area contributed by atoms with Crippen molar-refractivity contribution in [2.45, 2.75) is 33.7 Å². The fourth-order valence-corrected chi connectivity index (χ4v) is 2.77. The van der Waals surface area contributed by atoms with Gasteiger partial charge in [-0.05, 0) is 50.1 Å². The number of carbonyl (C=O) groups is 3. The molecule has 0 aromatic heterocycles. The summed E-state index contributed by atoms with van der Waals surface area (Å²) in [6, 6.07) is 13.2. The molecule has 1 atom stereocenters. The minimum absolute atomic E-state index is 0.111. The van der Waals surface area contributed by atoms with E-state index in [1.165, 1.54) is 0 Å². The maximum absolute atomic E-state index is 12.8. The molecule has 3 amide bonds. The van der Waals surface area contributed by atoms with Crippen molar-refractivity contribution in [2.75, 3.05) is 11.9 Å². The van der Waals surface area contributed by atoms with Gasteiger partial charge in [0.05, 0.1) is 0 Å². The van der Waals surface area contributed by atoms with Crippen LogP contribution in [0.2, 0.25) is 0 Å². The lowest BCUT2D eigenvalue weighted by Gasteiger charge is -2.22. The van der Waals surface area contributed by atoms with E-state index in [0.29, 0.717) is 23.4 Å². The fraction of sp³-hybridized carbons (Fsp3) is 0.318. The maximum Gasteiger partial charge on any atom is 0.251 e. The molecule has 2 aromatic carbocycles. The number of carbonyl (C=O) groups excluding carboxylic acids is 3. The van der Waals surface area contributed by atoms with Crippen molar-refractivity contribution >= 4 is 23.4 Å². The molecule has 1 unspecified atom stereocenters. The third-order valence-corrected chi connectivity index (χ3v) is 4.25. The molecule has 0 aliphatic heterocycles. The lowest BCUT2D eigenvalue weighted by Crippen LogP contribution is -2.47. The average molecular weight is 381 g/mol. The van der Waals surface area contributed by atoms with Gasteiger partial charge in [0.25, 0.3) is 11.8 Å². The van der Waals surface area contributed by atoms with Crippen LogP contribution in [0.4, 0.5) is 5.69 Å². The SMILES string of the molecule is CCNC(=O)c1cccc(NC(=O)C(NC(=O)c2cccc(C)c2)C(C)C)c1. The van der Waals surface area contributed by atoms with Crippen molar-refractivity contribution in [3.05, 3.63) is 65.2 Å². The van der Waals surface area contributed by atoms with Crippen LogP contribution in [0.1, 0.15) is 47.1 Å². The van der Waals surface area contributed by atoms with Crippen LogP contribution in [0.15, 0.2) is 48.5 Å². The monoisotopic (exact) mass is 381 g/mol. The molecule has 0 fully saturated rings. The van der Waals surface area contributed by atoms with E-state index in [0.717, 1.165) is 5.56 Å². The Bertz CT molecular complexity index is 862. The molecule has 0 radical (unpaired) electrons. The zero-order valence-corrected chi connectivity index (χ0v) is 16.7. The first-order chi connectivity index (χ1) is 13.3. The third kappa shape index (κ3) is 5.67. The van der Waals surface area contributed by atoms with Crippen LogP contribution < -0.4 is 16.0 Å². The molecule has 28 heavy (non-hydrogen) atoms. The maximum atomic E-state index is 12.8. The summed E-state index contributed by atoms with van der Waals surface area (Å²) in [5.41, 5.74) is 2.45. The lowest BCUT2D eigenvalue weighted by atomic mass is 10.0. The molecule has 6 nitrogen and oxygen atoms in total. The van der Waals surface area contributed by atoms with E-state index < -0.39 is 6.04 Å². The predicted octanol–water partition coefficient (Wildman–Crippen LogP) is 3.14. The standard InChI is InChI=1S/C22H27N3O3/c1-5-23-20(26)17-10-7-11-18(13-17)24-22(28)19(14(2)3)25-21(27)16-9-6-8-15(4)12-16/h6-14,19H,5H2,1-4H3,(H,23,26)(H,24,28)(H,25,27). The van der Waals surface area contributed by atoms with Crippen LogP contribution in [0.5, 0.6) is 0 Å². The predicted molar refractivity (Wildman–Crippen MR) is 110 cm³/mol. The molecule has 3 N–H and O–H groups in total. The van der Waals surface area contributed by atoms with Gasteiger partial charge in [0.2, 0.25) is 5.91 Å².